The summed E-state index contributed by atoms with van der Waals surface area (Å²) < 4.78 is 56.9. The quantitative estimate of drug-likeness (QED) is 0.213. The highest BCUT2D eigenvalue weighted by atomic mass is 79.9. The minimum atomic E-state index is -4.32. The monoisotopic (exact) mass is 603 g/mol. The number of Topliss-reactive ketones (excluding diaryl/α,β-unsaturated/α-hetero) is 1. The number of rotatable bonds is 12. The molecule has 1 N–H and O–H groups in total. The molecule has 2 aromatic carbocycles. The minimum Gasteiger partial charge on any atom is -0.307 e. The predicted molar refractivity (Wildman–Crippen MR) is 140 cm³/mol. The van der Waals surface area contributed by atoms with Crippen molar-refractivity contribution in [1.29, 1.82) is 0 Å². The minimum absolute atomic E-state index is 0.0624. The highest BCUT2D eigenvalue weighted by Gasteiger charge is 2.57. The second-order valence-electron chi connectivity index (χ2n) is 8.06. The Morgan fingerprint density at radius 3 is 2.14 bits per heavy atom. The summed E-state index contributed by atoms with van der Waals surface area (Å²) in [6.07, 6.45) is 3.84. The number of sulfonamides is 1. The van der Waals surface area contributed by atoms with Crippen molar-refractivity contribution in [3.63, 3.8) is 0 Å². The maximum Gasteiger partial charge on any atom is 0.360 e. The third-order valence-electron chi connectivity index (χ3n) is 5.50. The fraction of sp³-hybridized carbons (Fsp3) is 0.375. The van der Waals surface area contributed by atoms with Crippen LogP contribution in [0.5, 0.6) is 0 Å². The van der Waals surface area contributed by atoms with Crippen LogP contribution in [0.3, 0.4) is 0 Å². The van der Waals surface area contributed by atoms with Crippen molar-refractivity contribution < 1.29 is 26.8 Å². The number of hydrogen-bond acceptors (Lipinski definition) is 6. The summed E-state index contributed by atoms with van der Waals surface area (Å²) in [4.78, 5) is 12.8. The molecule has 35 heavy (non-hydrogen) atoms. The van der Waals surface area contributed by atoms with Crippen molar-refractivity contribution in [2.45, 2.75) is 49.7 Å². The van der Waals surface area contributed by atoms with E-state index >= 15 is 0 Å². The zero-order valence-corrected chi connectivity index (χ0v) is 23.6. The Labute approximate surface area is 220 Å². The van der Waals surface area contributed by atoms with Gasteiger partial charge in [-0.2, -0.15) is 4.72 Å². The second kappa shape index (κ2) is 11.8. The lowest BCUT2D eigenvalue weighted by atomic mass is 9.92. The Morgan fingerprint density at radius 1 is 1.00 bits per heavy atom. The second-order valence-corrected chi connectivity index (χ2v) is 13.3. The zero-order valence-electron chi connectivity index (χ0n) is 19.5. The first-order valence-electron chi connectivity index (χ1n) is 11.3. The Balaban J connectivity index is 2.26. The van der Waals surface area contributed by atoms with Gasteiger partial charge in [0.25, 0.3) is 0 Å². The molecule has 0 aromatic heterocycles. The van der Waals surface area contributed by atoms with Gasteiger partial charge in [-0.1, -0.05) is 78.5 Å². The molecule has 11 heteroatoms. The van der Waals surface area contributed by atoms with Crippen LogP contribution in [0.2, 0.25) is 0 Å². The summed E-state index contributed by atoms with van der Waals surface area (Å²) in [6.45, 7) is 4.04. The van der Waals surface area contributed by atoms with Crippen LogP contribution >= 0.6 is 35.1 Å². The number of fused-ring (bicyclic) bond motifs is 1. The molecule has 1 atom stereocenters. The van der Waals surface area contributed by atoms with Crippen molar-refractivity contribution in [1.82, 2.24) is 4.72 Å². The van der Waals surface area contributed by atoms with Crippen LogP contribution < -0.4 is 4.72 Å². The summed E-state index contributed by atoms with van der Waals surface area (Å²) in [6, 6.07) is 12.3. The number of allylic oxidation sites excluding steroid dienone is 1. The third kappa shape index (κ3) is 5.99. The lowest BCUT2D eigenvalue weighted by Crippen LogP contribution is -2.47. The number of unbranched alkanes of at least 4 members (excludes halogenated alkanes) is 2. The van der Waals surface area contributed by atoms with Gasteiger partial charge in [-0.3, -0.25) is 9.36 Å². The normalized spacial score (nSPS) is 18.3. The first-order chi connectivity index (χ1) is 16.6. The molecule has 0 aliphatic heterocycles. The summed E-state index contributed by atoms with van der Waals surface area (Å²) in [5.41, 5.74) is 0.281. The van der Waals surface area contributed by atoms with Gasteiger partial charge in [0.2, 0.25) is 15.8 Å². The molecular weight excluding hydrogens is 577 g/mol. The van der Waals surface area contributed by atoms with Crippen LogP contribution in [0.4, 0.5) is 0 Å². The maximum atomic E-state index is 14.6. The molecule has 0 amide bonds. The molecule has 1 aliphatic rings. The maximum absolute atomic E-state index is 14.6. The van der Waals surface area contributed by atoms with Crippen LogP contribution in [0, 0.1) is 0 Å². The number of benzene rings is 2. The molecule has 7 nitrogen and oxygen atoms in total. The van der Waals surface area contributed by atoms with Crippen LogP contribution in [0.15, 0.2) is 69.0 Å². The van der Waals surface area contributed by atoms with Crippen LogP contribution in [0.25, 0.3) is 0 Å². The fourth-order valence-electron chi connectivity index (χ4n) is 3.61. The molecular formula is C24H28BrClNO6PS. The molecule has 2 aromatic rings. The molecule has 0 bridgehead atoms. The summed E-state index contributed by atoms with van der Waals surface area (Å²) >= 11 is 9.64. The molecule has 0 saturated heterocycles. The molecule has 0 saturated carbocycles. The largest absolute Gasteiger partial charge is 0.360 e. The highest BCUT2D eigenvalue weighted by Crippen LogP contribution is 2.66. The Bertz CT molecular complexity index is 1240. The van der Waals surface area contributed by atoms with Crippen LogP contribution in [-0.4, -0.2) is 27.4 Å². The smallest absolute Gasteiger partial charge is 0.307 e. The van der Waals surface area contributed by atoms with Gasteiger partial charge in [-0.25, -0.2) is 8.42 Å². The van der Waals surface area contributed by atoms with E-state index in [0.29, 0.717) is 17.3 Å². The summed E-state index contributed by atoms with van der Waals surface area (Å²) in [7, 11) is -8.60. The van der Waals surface area contributed by atoms with E-state index in [-0.39, 0.29) is 34.3 Å². The summed E-state index contributed by atoms with van der Waals surface area (Å²) in [5, 5.41) is -2.33. The van der Waals surface area contributed by atoms with Crippen LogP contribution in [-0.2, 0) is 28.9 Å². The van der Waals surface area contributed by atoms with Gasteiger partial charge in [-0.15, -0.1) is 0 Å². The molecule has 3 rings (SSSR count). The lowest BCUT2D eigenvalue weighted by molar-refractivity contribution is 0.103. The molecule has 190 valence electrons. The van der Waals surface area contributed by atoms with E-state index in [1.165, 1.54) is 24.3 Å². The van der Waals surface area contributed by atoms with E-state index < -0.39 is 28.7 Å². The van der Waals surface area contributed by atoms with Gasteiger partial charge in [0.05, 0.1) is 23.1 Å². The van der Waals surface area contributed by atoms with E-state index in [2.05, 4.69) is 20.7 Å². The summed E-state index contributed by atoms with van der Waals surface area (Å²) in [5.74, 6) is -0.505. The number of hydrogen-bond donors (Lipinski definition) is 1. The van der Waals surface area contributed by atoms with Crippen molar-refractivity contribution >= 4 is 50.9 Å². The number of carbonyl (C=O) groups excluding carboxylic acids is 1. The molecule has 0 heterocycles. The van der Waals surface area contributed by atoms with Crippen molar-refractivity contribution in [2.75, 3.05) is 13.2 Å². The first kappa shape index (κ1) is 28.3. The standard InChI is InChI=1S/C24H28BrClNO6PS/c1-3-5-15-32-34(29,33-16-6-4-2)24(27-35(30,31)19-13-11-18(25)12-14-19)17-22(26)23(28)20-9-7-8-10-21(20)24/h7-14,17,27H,3-6,15-16H2,1-2H3. The van der Waals surface area contributed by atoms with Crippen molar-refractivity contribution in [2.24, 2.45) is 0 Å². The topological polar surface area (TPSA) is 98.8 Å². The number of carbonyl (C=O) groups is 1. The number of nitrogens with one attached hydrogen (secondary N) is 1. The van der Waals surface area contributed by atoms with E-state index in [1.807, 2.05) is 13.8 Å². The molecule has 0 fully saturated rings. The van der Waals surface area contributed by atoms with Gasteiger partial charge in [0.1, 0.15) is 0 Å². The van der Waals surface area contributed by atoms with E-state index in [9.17, 15) is 17.8 Å². The van der Waals surface area contributed by atoms with Gasteiger partial charge in [0, 0.05) is 15.6 Å². The number of ketones is 1. The van der Waals surface area contributed by atoms with E-state index in [1.54, 1.807) is 24.3 Å². The Kier molecular flexibility index (Phi) is 9.54. The van der Waals surface area contributed by atoms with Gasteiger partial charge >= 0.3 is 7.60 Å². The third-order valence-corrected chi connectivity index (χ3v) is 10.3. The number of halogens is 2. The van der Waals surface area contributed by atoms with Crippen molar-refractivity contribution in [3.05, 3.63) is 75.2 Å². The molecule has 0 spiro atoms. The molecule has 0 radical (unpaired) electrons. The van der Waals surface area contributed by atoms with Gasteiger partial charge in [0.15, 0.2) is 5.28 Å². The predicted octanol–water partition coefficient (Wildman–Crippen LogP) is 6.73. The Hall–Kier alpha value is -1.32. The Morgan fingerprint density at radius 2 is 1.57 bits per heavy atom. The lowest BCUT2D eigenvalue weighted by Gasteiger charge is -2.40. The fourth-order valence-corrected chi connectivity index (χ4v) is 8.21. The average Bonchev–Trinajstić information content (AvgIpc) is 2.83. The van der Waals surface area contributed by atoms with E-state index in [0.717, 1.165) is 18.9 Å². The molecule has 1 unspecified atom stereocenters. The SMILES string of the molecule is CCCCOP(=O)(OCCCC)C1(NS(=O)(=O)c2ccc(Br)cc2)C=C(Cl)C(=O)c2ccccc21. The first-order valence-corrected chi connectivity index (χ1v) is 15.5. The zero-order chi connectivity index (χ0) is 25.7. The van der Waals surface area contributed by atoms with Crippen molar-refractivity contribution in [3.8, 4) is 0 Å². The van der Waals surface area contributed by atoms with Crippen LogP contribution in [0.1, 0.15) is 55.5 Å². The van der Waals surface area contributed by atoms with Gasteiger partial charge < -0.3 is 9.05 Å². The molecule has 1 aliphatic carbocycles. The van der Waals surface area contributed by atoms with Gasteiger partial charge in [-0.05, 0) is 43.2 Å². The average molecular weight is 605 g/mol. The highest BCUT2D eigenvalue weighted by molar-refractivity contribution is 9.10. The van der Waals surface area contributed by atoms with E-state index in [4.69, 9.17) is 20.6 Å².